The standard InChI is InChI=1S/C12H8BrFN2O/c13-11-4-3-8(14)6-10(11)12(17)16-9-2-1-5-15-7-9/h1-7H,(H,16,17). The molecule has 2 aromatic rings. The maximum absolute atomic E-state index is 13.0. The zero-order chi connectivity index (χ0) is 12.3. The number of aromatic nitrogens is 1. The van der Waals surface area contributed by atoms with Gasteiger partial charge in [-0.3, -0.25) is 9.78 Å². The Balaban J connectivity index is 2.23. The van der Waals surface area contributed by atoms with Crippen molar-refractivity contribution in [2.75, 3.05) is 5.32 Å². The highest BCUT2D eigenvalue weighted by molar-refractivity contribution is 9.10. The minimum atomic E-state index is -0.454. The van der Waals surface area contributed by atoms with E-state index in [2.05, 4.69) is 26.2 Å². The molecule has 0 saturated carbocycles. The zero-order valence-corrected chi connectivity index (χ0v) is 10.2. The minimum Gasteiger partial charge on any atom is -0.321 e. The van der Waals surface area contributed by atoms with Gasteiger partial charge in [0, 0.05) is 10.7 Å². The highest BCUT2D eigenvalue weighted by atomic mass is 79.9. The van der Waals surface area contributed by atoms with E-state index in [1.165, 1.54) is 24.4 Å². The summed E-state index contributed by atoms with van der Waals surface area (Å²) >= 11 is 3.20. The van der Waals surface area contributed by atoms with Crippen molar-refractivity contribution >= 4 is 27.5 Å². The maximum Gasteiger partial charge on any atom is 0.256 e. The Bertz CT molecular complexity index is 545. The number of nitrogens with one attached hydrogen (secondary N) is 1. The monoisotopic (exact) mass is 294 g/mol. The van der Waals surface area contributed by atoms with Gasteiger partial charge in [-0.1, -0.05) is 0 Å². The van der Waals surface area contributed by atoms with Crippen LogP contribution in [0.25, 0.3) is 0 Å². The average molecular weight is 295 g/mol. The van der Waals surface area contributed by atoms with Gasteiger partial charge in [-0.25, -0.2) is 4.39 Å². The molecular formula is C12H8BrFN2O. The lowest BCUT2D eigenvalue weighted by molar-refractivity contribution is 0.102. The summed E-state index contributed by atoms with van der Waals surface area (Å²) in [5.41, 5.74) is 0.808. The number of benzene rings is 1. The van der Waals surface area contributed by atoms with Crippen LogP contribution in [0.5, 0.6) is 0 Å². The van der Waals surface area contributed by atoms with E-state index >= 15 is 0 Å². The van der Waals surface area contributed by atoms with E-state index in [-0.39, 0.29) is 11.5 Å². The molecule has 0 saturated heterocycles. The van der Waals surface area contributed by atoms with Gasteiger partial charge in [0.25, 0.3) is 5.91 Å². The van der Waals surface area contributed by atoms with Crippen molar-refractivity contribution in [2.45, 2.75) is 0 Å². The summed E-state index contributed by atoms with van der Waals surface area (Å²) in [5, 5.41) is 2.63. The van der Waals surface area contributed by atoms with Gasteiger partial charge < -0.3 is 5.32 Å². The van der Waals surface area contributed by atoms with Crippen LogP contribution < -0.4 is 5.32 Å². The summed E-state index contributed by atoms with van der Waals surface area (Å²) in [7, 11) is 0. The van der Waals surface area contributed by atoms with Gasteiger partial charge in [0.1, 0.15) is 5.82 Å². The molecule has 1 heterocycles. The number of amides is 1. The summed E-state index contributed by atoms with van der Waals surface area (Å²) in [6.45, 7) is 0. The van der Waals surface area contributed by atoms with Crippen LogP contribution in [-0.2, 0) is 0 Å². The lowest BCUT2D eigenvalue weighted by Crippen LogP contribution is -2.12. The predicted octanol–water partition coefficient (Wildman–Crippen LogP) is 3.24. The van der Waals surface area contributed by atoms with Gasteiger partial charge >= 0.3 is 0 Å². The quantitative estimate of drug-likeness (QED) is 0.924. The number of hydrogen-bond donors (Lipinski definition) is 1. The second-order valence-electron chi connectivity index (χ2n) is 3.32. The maximum atomic E-state index is 13.0. The molecule has 3 nitrogen and oxygen atoms in total. The summed E-state index contributed by atoms with van der Waals surface area (Å²) in [4.78, 5) is 15.7. The van der Waals surface area contributed by atoms with Gasteiger partial charge in [0.05, 0.1) is 17.4 Å². The molecular weight excluding hydrogens is 287 g/mol. The van der Waals surface area contributed by atoms with Gasteiger partial charge in [-0.2, -0.15) is 0 Å². The third kappa shape index (κ3) is 2.88. The first kappa shape index (κ1) is 11.7. The number of hydrogen-bond acceptors (Lipinski definition) is 2. The average Bonchev–Trinajstić information content (AvgIpc) is 2.33. The number of anilines is 1. The highest BCUT2D eigenvalue weighted by Crippen LogP contribution is 2.19. The summed E-state index contributed by atoms with van der Waals surface area (Å²) in [5.74, 6) is -0.839. The van der Waals surface area contributed by atoms with Gasteiger partial charge in [-0.15, -0.1) is 0 Å². The van der Waals surface area contributed by atoms with Crippen LogP contribution in [-0.4, -0.2) is 10.9 Å². The molecule has 1 aromatic heterocycles. The second-order valence-corrected chi connectivity index (χ2v) is 4.17. The Morgan fingerprint density at radius 1 is 1.35 bits per heavy atom. The van der Waals surface area contributed by atoms with E-state index in [1.54, 1.807) is 18.3 Å². The molecule has 5 heteroatoms. The smallest absolute Gasteiger partial charge is 0.256 e. The Morgan fingerprint density at radius 2 is 2.18 bits per heavy atom. The molecule has 1 N–H and O–H groups in total. The van der Waals surface area contributed by atoms with E-state index in [4.69, 9.17) is 0 Å². The Kier molecular flexibility index (Phi) is 3.49. The lowest BCUT2D eigenvalue weighted by Gasteiger charge is -2.06. The number of halogens is 2. The molecule has 0 aliphatic rings. The fraction of sp³-hybridized carbons (Fsp3) is 0. The largest absolute Gasteiger partial charge is 0.321 e. The van der Waals surface area contributed by atoms with Crippen molar-refractivity contribution in [1.29, 1.82) is 0 Å². The van der Waals surface area contributed by atoms with E-state index in [0.29, 0.717) is 10.2 Å². The van der Waals surface area contributed by atoms with Gasteiger partial charge in [-0.05, 0) is 46.3 Å². The Morgan fingerprint density at radius 3 is 2.88 bits per heavy atom. The zero-order valence-electron chi connectivity index (χ0n) is 8.65. The van der Waals surface area contributed by atoms with Crippen LogP contribution in [0.1, 0.15) is 10.4 Å². The van der Waals surface area contributed by atoms with Crippen molar-refractivity contribution in [3.05, 3.63) is 58.6 Å². The fourth-order valence-corrected chi connectivity index (χ4v) is 1.73. The molecule has 0 atom stereocenters. The van der Waals surface area contributed by atoms with Crippen LogP contribution >= 0.6 is 15.9 Å². The SMILES string of the molecule is O=C(Nc1cccnc1)c1cc(F)ccc1Br. The third-order valence-corrected chi connectivity index (χ3v) is 2.78. The molecule has 0 spiro atoms. The first-order valence-corrected chi connectivity index (χ1v) is 5.62. The number of rotatable bonds is 2. The third-order valence-electron chi connectivity index (χ3n) is 2.09. The van der Waals surface area contributed by atoms with Crippen molar-refractivity contribution in [3.63, 3.8) is 0 Å². The van der Waals surface area contributed by atoms with Crippen LogP contribution in [0.3, 0.4) is 0 Å². The Hall–Kier alpha value is -1.75. The van der Waals surface area contributed by atoms with Gasteiger partial charge in [0.2, 0.25) is 0 Å². The van der Waals surface area contributed by atoms with Crippen LogP contribution in [0.4, 0.5) is 10.1 Å². The first-order valence-electron chi connectivity index (χ1n) is 4.83. The molecule has 0 unspecified atom stereocenters. The summed E-state index contributed by atoms with van der Waals surface area (Å²) in [6.07, 6.45) is 3.12. The van der Waals surface area contributed by atoms with Crippen molar-refractivity contribution < 1.29 is 9.18 Å². The van der Waals surface area contributed by atoms with E-state index in [9.17, 15) is 9.18 Å². The molecule has 1 aromatic carbocycles. The second kappa shape index (κ2) is 5.05. The molecule has 1 amide bonds. The predicted molar refractivity (Wildman–Crippen MR) is 66.3 cm³/mol. The molecule has 0 radical (unpaired) electrons. The number of carbonyl (C=O) groups excluding carboxylic acids is 1. The number of pyridine rings is 1. The first-order chi connectivity index (χ1) is 8.16. The van der Waals surface area contributed by atoms with Crippen molar-refractivity contribution in [3.8, 4) is 0 Å². The molecule has 0 aliphatic heterocycles. The molecule has 0 bridgehead atoms. The Labute approximate surface area is 106 Å². The molecule has 86 valence electrons. The summed E-state index contributed by atoms with van der Waals surface area (Å²) < 4.78 is 13.6. The fourth-order valence-electron chi connectivity index (χ4n) is 1.31. The summed E-state index contributed by atoms with van der Waals surface area (Å²) in [6, 6.07) is 7.36. The number of nitrogens with zero attached hydrogens (tertiary/aromatic N) is 1. The normalized spacial score (nSPS) is 10.0. The molecule has 0 fully saturated rings. The molecule has 0 aliphatic carbocycles. The van der Waals surface area contributed by atoms with E-state index in [0.717, 1.165) is 0 Å². The van der Waals surface area contributed by atoms with Crippen LogP contribution in [0.2, 0.25) is 0 Å². The van der Waals surface area contributed by atoms with E-state index in [1.807, 2.05) is 0 Å². The number of carbonyl (C=O) groups is 1. The topological polar surface area (TPSA) is 42.0 Å². The lowest BCUT2D eigenvalue weighted by atomic mass is 10.2. The van der Waals surface area contributed by atoms with E-state index < -0.39 is 5.82 Å². The molecule has 17 heavy (non-hydrogen) atoms. The molecule has 2 rings (SSSR count). The van der Waals surface area contributed by atoms with Gasteiger partial charge in [0.15, 0.2) is 0 Å². The minimum absolute atomic E-state index is 0.244. The van der Waals surface area contributed by atoms with Crippen molar-refractivity contribution in [2.24, 2.45) is 0 Å². The van der Waals surface area contributed by atoms with Crippen LogP contribution in [0.15, 0.2) is 47.2 Å². The van der Waals surface area contributed by atoms with Crippen molar-refractivity contribution in [1.82, 2.24) is 4.98 Å². The highest BCUT2D eigenvalue weighted by Gasteiger charge is 2.11. The van der Waals surface area contributed by atoms with Crippen LogP contribution in [0, 0.1) is 5.82 Å².